The molecule has 1 amide bonds. The summed E-state index contributed by atoms with van der Waals surface area (Å²) in [6.45, 7) is 8.42. The Kier molecular flexibility index (Phi) is 6.27. The number of thioether (sulfide) groups is 1. The summed E-state index contributed by atoms with van der Waals surface area (Å²) in [6, 6.07) is 10.5. The Morgan fingerprint density at radius 3 is 2.33 bits per heavy atom. The fourth-order valence-corrected chi connectivity index (χ4v) is 2.32. The van der Waals surface area contributed by atoms with Gasteiger partial charge in [-0.2, -0.15) is 0 Å². The monoisotopic (exact) mass is 265 g/mol. The van der Waals surface area contributed by atoms with E-state index in [9.17, 15) is 4.79 Å². The molecule has 0 aliphatic heterocycles. The summed E-state index contributed by atoms with van der Waals surface area (Å²) in [5.41, 5.74) is 1.27. The van der Waals surface area contributed by atoms with Crippen LogP contribution in [0.1, 0.15) is 38.5 Å². The van der Waals surface area contributed by atoms with Crippen LogP contribution in [-0.2, 0) is 4.79 Å². The van der Waals surface area contributed by atoms with Crippen molar-refractivity contribution >= 4 is 17.7 Å². The van der Waals surface area contributed by atoms with Crippen LogP contribution >= 0.6 is 11.8 Å². The van der Waals surface area contributed by atoms with E-state index >= 15 is 0 Å². The van der Waals surface area contributed by atoms with Gasteiger partial charge in [-0.15, -0.1) is 11.8 Å². The molecule has 0 fully saturated rings. The van der Waals surface area contributed by atoms with Crippen molar-refractivity contribution in [2.45, 2.75) is 39.0 Å². The van der Waals surface area contributed by atoms with Gasteiger partial charge in [0.15, 0.2) is 0 Å². The Hall–Kier alpha value is -0.960. The molecule has 0 heterocycles. The van der Waals surface area contributed by atoms with E-state index in [0.717, 1.165) is 0 Å². The van der Waals surface area contributed by atoms with Crippen LogP contribution in [0, 0.1) is 5.92 Å². The van der Waals surface area contributed by atoms with E-state index in [0.29, 0.717) is 16.9 Å². The number of carbonyl (C=O) groups excluding carboxylic acids is 1. The summed E-state index contributed by atoms with van der Waals surface area (Å²) in [5, 5.41) is 3.38. The van der Waals surface area contributed by atoms with Crippen LogP contribution in [0.2, 0.25) is 0 Å². The zero-order valence-corrected chi connectivity index (χ0v) is 12.5. The van der Waals surface area contributed by atoms with Gasteiger partial charge in [0, 0.05) is 11.3 Å². The van der Waals surface area contributed by atoms with E-state index in [-0.39, 0.29) is 11.9 Å². The molecule has 0 saturated carbocycles. The van der Waals surface area contributed by atoms with Gasteiger partial charge in [-0.05, 0) is 25.3 Å². The van der Waals surface area contributed by atoms with E-state index in [2.05, 4.69) is 38.2 Å². The van der Waals surface area contributed by atoms with E-state index < -0.39 is 0 Å². The quantitative estimate of drug-likeness (QED) is 0.851. The average molecular weight is 265 g/mol. The fraction of sp³-hybridized carbons (Fsp3) is 0.533. The van der Waals surface area contributed by atoms with Gasteiger partial charge in [0.1, 0.15) is 0 Å². The molecule has 0 spiro atoms. The minimum absolute atomic E-state index is 0.129. The summed E-state index contributed by atoms with van der Waals surface area (Å²) in [5.74, 6) is 1.13. The number of amides is 1. The average Bonchev–Trinajstić information content (AvgIpc) is 2.36. The molecule has 1 aromatic carbocycles. The number of nitrogens with one attached hydrogen (secondary N) is 1. The number of hydrogen-bond acceptors (Lipinski definition) is 2. The van der Waals surface area contributed by atoms with Crippen molar-refractivity contribution in [1.29, 1.82) is 0 Å². The second-order valence-electron chi connectivity index (χ2n) is 4.96. The molecule has 0 aliphatic rings. The van der Waals surface area contributed by atoms with Gasteiger partial charge in [0.2, 0.25) is 5.91 Å². The zero-order chi connectivity index (χ0) is 13.5. The van der Waals surface area contributed by atoms with Gasteiger partial charge >= 0.3 is 0 Å². The van der Waals surface area contributed by atoms with E-state index in [1.165, 1.54) is 5.56 Å². The van der Waals surface area contributed by atoms with Crippen molar-refractivity contribution in [3.8, 4) is 0 Å². The van der Waals surface area contributed by atoms with Crippen molar-refractivity contribution < 1.29 is 4.79 Å². The van der Waals surface area contributed by atoms with Gasteiger partial charge in [-0.1, -0.05) is 44.2 Å². The first-order valence-corrected chi connectivity index (χ1v) is 7.51. The molecule has 0 aromatic heterocycles. The predicted molar refractivity (Wildman–Crippen MR) is 79.8 cm³/mol. The highest BCUT2D eigenvalue weighted by Crippen LogP contribution is 2.27. The van der Waals surface area contributed by atoms with Crippen molar-refractivity contribution in [1.82, 2.24) is 5.32 Å². The van der Waals surface area contributed by atoms with Crippen LogP contribution in [0.5, 0.6) is 0 Å². The van der Waals surface area contributed by atoms with Gasteiger partial charge in [-0.25, -0.2) is 0 Å². The van der Waals surface area contributed by atoms with Crippen LogP contribution in [0.3, 0.4) is 0 Å². The highest BCUT2D eigenvalue weighted by atomic mass is 32.2. The standard InChI is InChI=1S/C15H23NOS/c1-11(2)12(3)16-15(17)10-18-13(4)14-8-6-5-7-9-14/h5-9,11-13H,10H2,1-4H3,(H,16,17). The normalized spacial score (nSPS) is 14.3. The lowest BCUT2D eigenvalue weighted by Crippen LogP contribution is -2.37. The van der Waals surface area contributed by atoms with E-state index in [1.54, 1.807) is 11.8 Å². The SMILES string of the molecule is CC(SCC(=O)NC(C)C(C)C)c1ccccc1. The summed E-state index contributed by atoms with van der Waals surface area (Å²) in [4.78, 5) is 11.8. The molecule has 0 radical (unpaired) electrons. The number of rotatable bonds is 6. The van der Waals surface area contributed by atoms with Gasteiger partial charge in [0.25, 0.3) is 0 Å². The first kappa shape index (κ1) is 15.1. The zero-order valence-electron chi connectivity index (χ0n) is 11.6. The molecule has 2 unspecified atom stereocenters. The Morgan fingerprint density at radius 2 is 1.78 bits per heavy atom. The maximum absolute atomic E-state index is 11.8. The maximum Gasteiger partial charge on any atom is 0.230 e. The first-order valence-electron chi connectivity index (χ1n) is 6.46. The predicted octanol–water partition coefficient (Wildman–Crippen LogP) is 3.64. The van der Waals surface area contributed by atoms with Crippen molar-refractivity contribution in [3.63, 3.8) is 0 Å². The van der Waals surface area contributed by atoms with Crippen LogP contribution in [0.4, 0.5) is 0 Å². The summed E-state index contributed by atoms with van der Waals surface area (Å²) >= 11 is 1.68. The molecule has 2 nitrogen and oxygen atoms in total. The molecular weight excluding hydrogens is 242 g/mol. The van der Waals surface area contributed by atoms with E-state index in [1.807, 2.05) is 25.1 Å². The van der Waals surface area contributed by atoms with Gasteiger partial charge < -0.3 is 5.32 Å². The highest BCUT2D eigenvalue weighted by molar-refractivity contribution is 8.00. The number of benzene rings is 1. The Morgan fingerprint density at radius 1 is 1.17 bits per heavy atom. The van der Waals surface area contributed by atoms with Gasteiger partial charge in [0.05, 0.1) is 5.75 Å². The first-order chi connectivity index (χ1) is 8.50. The molecule has 1 rings (SSSR count). The Balaban J connectivity index is 2.35. The molecule has 3 heteroatoms. The van der Waals surface area contributed by atoms with Crippen LogP contribution in [-0.4, -0.2) is 17.7 Å². The number of hydrogen-bond donors (Lipinski definition) is 1. The maximum atomic E-state index is 11.8. The van der Waals surface area contributed by atoms with Gasteiger partial charge in [-0.3, -0.25) is 4.79 Å². The second-order valence-corrected chi connectivity index (χ2v) is 6.29. The van der Waals surface area contributed by atoms with Crippen LogP contribution in [0.25, 0.3) is 0 Å². The topological polar surface area (TPSA) is 29.1 Å². The largest absolute Gasteiger partial charge is 0.353 e. The Labute approximate surface area is 115 Å². The van der Waals surface area contributed by atoms with Crippen LogP contribution < -0.4 is 5.32 Å². The third kappa shape index (κ3) is 5.13. The minimum atomic E-state index is 0.129. The molecule has 18 heavy (non-hydrogen) atoms. The lowest BCUT2D eigenvalue weighted by atomic mass is 10.1. The molecule has 1 N–H and O–H groups in total. The smallest absolute Gasteiger partial charge is 0.230 e. The van der Waals surface area contributed by atoms with Crippen molar-refractivity contribution in [2.24, 2.45) is 5.92 Å². The molecule has 0 bridgehead atoms. The molecule has 2 atom stereocenters. The molecule has 0 saturated heterocycles. The van der Waals surface area contributed by atoms with Crippen molar-refractivity contribution in [3.05, 3.63) is 35.9 Å². The lowest BCUT2D eigenvalue weighted by Gasteiger charge is -2.18. The molecular formula is C15H23NOS. The number of carbonyl (C=O) groups is 1. The second kappa shape index (κ2) is 7.47. The third-order valence-corrected chi connectivity index (χ3v) is 4.32. The van der Waals surface area contributed by atoms with Crippen molar-refractivity contribution in [2.75, 3.05) is 5.75 Å². The summed E-state index contributed by atoms with van der Waals surface area (Å²) < 4.78 is 0. The Bertz CT molecular complexity index is 364. The lowest BCUT2D eigenvalue weighted by molar-refractivity contribution is -0.119. The van der Waals surface area contributed by atoms with E-state index in [4.69, 9.17) is 0 Å². The van der Waals surface area contributed by atoms with Crippen LogP contribution in [0.15, 0.2) is 30.3 Å². The molecule has 0 aliphatic carbocycles. The molecule has 100 valence electrons. The summed E-state index contributed by atoms with van der Waals surface area (Å²) in [6.07, 6.45) is 0. The third-order valence-electron chi connectivity index (χ3n) is 3.12. The molecule has 1 aromatic rings. The highest BCUT2D eigenvalue weighted by Gasteiger charge is 2.12. The fourth-order valence-electron chi connectivity index (χ4n) is 1.48. The summed E-state index contributed by atoms with van der Waals surface area (Å²) in [7, 11) is 0. The minimum Gasteiger partial charge on any atom is -0.353 e.